The molecule has 0 aromatic heterocycles. The monoisotopic (exact) mass is 928 g/mol. The molecule has 6 heteroatoms. The summed E-state index contributed by atoms with van der Waals surface area (Å²) in [5.74, 6) is -0.00422. The first-order valence-electron chi connectivity index (χ1n) is 29.5. The molecule has 0 amide bonds. The summed E-state index contributed by atoms with van der Waals surface area (Å²) in [5, 5.41) is 9.56. The number of rotatable bonds is 56. The molecule has 0 aliphatic rings. The molecule has 0 radical (unpaired) electrons. The molecule has 0 aliphatic heterocycles. The highest BCUT2D eigenvalue weighted by Gasteiger charge is 2.07. The van der Waals surface area contributed by atoms with Gasteiger partial charge >= 0.3 is 5.97 Å². The van der Waals surface area contributed by atoms with E-state index in [9.17, 15) is 9.90 Å². The summed E-state index contributed by atoms with van der Waals surface area (Å²) in [4.78, 5) is 17.3. The number of nitrogens with two attached hydrogens (primary N) is 1. The van der Waals surface area contributed by atoms with Crippen molar-refractivity contribution >= 4 is 5.97 Å². The molecule has 0 saturated heterocycles. The van der Waals surface area contributed by atoms with Gasteiger partial charge in [0.15, 0.2) is 0 Å². The highest BCUT2D eigenvalue weighted by atomic mass is 16.5. The number of ether oxygens (including phenoxy) is 1. The third-order valence-corrected chi connectivity index (χ3v) is 13.5. The highest BCUT2D eigenvalue weighted by Crippen LogP contribution is 2.15. The van der Waals surface area contributed by atoms with E-state index in [1.807, 2.05) is 0 Å². The van der Waals surface area contributed by atoms with Gasteiger partial charge in [0.05, 0.1) is 13.2 Å². The van der Waals surface area contributed by atoms with Crippen LogP contribution in [-0.4, -0.2) is 79.9 Å². The predicted molar refractivity (Wildman–Crippen MR) is 293 cm³/mol. The van der Waals surface area contributed by atoms with Crippen molar-refractivity contribution in [2.45, 2.75) is 284 Å². The standard InChI is InChI=1S/C60H117N3O3/c1-3-5-7-9-11-13-15-17-19-21-23-25-27-33-39-45-52-62(56-51-61)53-46-40-35-29-30-37-43-49-59-66-60(65)50-44-38-32-31-36-42-48-55-63(57-58-64)54-47-41-34-28-26-24-22-20-18-16-14-12-10-8-6-4-2/h11,13,17-20,64H,3-10,12,14-16,21-59,61H2,1-2H3/b13-11-,19-17-,20-18-. The molecule has 0 rings (SSSR count). The molecular weight excluding hydrogens is 811 g/mol. The van der Waals surface area contributed by atoms with E-state index in [1.165, 1.54) is 251 Å². The molecule has 3 N–H and O–H groups in total. The lowest BCUT2D eigenvalue weighted by molar-refractivity contribution is -0.143. The summed E-state index contributed by atoms with van der Waals surface area (Å²) in [6.45, 7) is 12.7. The zero-order valence-electron chi connectivity index (χ0n) is 44.8. The third-order valence-electron chi connectivity index (χ3n) is 13.5. The molecule has 66 heavy (non-hydrogen) atoms. The van der Waals surface area contributed by atoms with Gasteiger partial charge in [0.2, 0.25) is 0 Å². The Kier molecular flexibility index (Phi) is 56.6. The summed E-state index contributed by atoms with van der Waals surface area (Å²) in [7, 11) is 0. The van der Waals surface area contributed by atoms with Crippen molar-refractivity contribution in [3.05, 3.63) is 36.5 Å². The Morgan fingerprint density at radius 2 is 0.712 bits per heavy atom. The van der Waals surface area contributed by atoms with E-state index in [1.54, 1.807) is 0 Å². The van der Waals surface area contributed by atoms with E-state index in [0.29, 0.717) is 13.0 Å². The fourth-order valence-electron chi connectivity index (χ4n) is 9.15. The minimum Gasteiger partial charge on any atom is -0.466 e. The van der Waals surface area contributed by atoms with Crippen LogP contribution in [0.25, 0.3) is 0 Å². The van der Waals surface area contributed by atoms with Crippen molar-refractivity contribution in [3.63, 3.8) is 0 Å². The van der Waals surface area contributed by atoms with Crippen molar-refractivity contribution in [2.75, 3.05) is 59.0 Å². The molecule has 0 heterocycles. The Bertz CT molecular complexity index is 1020. The smallest absolute Gasteiger partial charge is 0.305 e. The van der Waals surface area contributed by atoms with E-state index in [-0.39, 0.29) is 12.6 Å². The molecular formula is C60H117N3O3. The molecule has 0 saturated carbocycles. The van der Waals surface area contributed by atoms with Crippen molar-refractivity contribution in [1.29, 1.82) is 0 Å². The van der Waals surface area contributed by atoms with Crippen molar-refractivity contribution in [1.82, 2.24) is 9.80 Å². The van der Waals surface area contributed by atoms with Gasteiger partial charge in [-0.05, 0) is 122 Å². The minimum atomic E-state index is -0.00422. The number of hydrogen-bond donors (Lipinski definition) is 2. The molecule has 0 fully saturated rings. The Morgan fingerprint density at radius 3 is 1.12 bits per heavy atom. The van der Waals surface area contributed by atoms with Crippen LogP contribution in [0.5, 0.6) is 0 Å². The molecule has 0 atom stereocenters. The predicted octanol–water partition coefficient (Wildman–Crippen LogP) is 17.2. The second-order valence-corrected chi connectivity index (χ2v) is 20.0. The number of nitrogens with zero attached hydrogens (tertiary/aromatic N) is 2. The van der Waals surface area contributed by atoms with E-state index < -0.39 is 0 Å². The first-order valence-corrected chi connectivity index (χ1v) is 29.5. The van der Waals surface area contributed by atoms with Gasteiger partial charge in [-0.2, -0.15) is 0 Å². The number of carbonyl (C=O) groups excluding carboxylic acids is 1. The number of hydrogen-bond acceptors (Lipinski definition) is 6. The fourth-order valence-corrected chi connectivity index (χ4v) is 9.15. The number of unbranched alkanes of at least 4 members (excludes halogenated alkanes) is 34. The lowest BCUT2D eigenvalue weighted by Crippen LogP contribution is -2.31. The minimum absolute atomic E-state index is 0.00422. The summed E-state index contributed by atoms with van der Waals surface area (Å²) in [6, 6.07) is 0. The second kappa shape index (κ2) is 57.8. The van der Waals surface area contributed by atoms with Gasteiger partial charge in [-0.3, -0.25) is 4.79 Å². The zero-order chi connectivity index (χ0) is 47.7. The van der Waals surface area contributed by atoms with Gasteiger partial charge in [-0.25, -0.2) is 0 Å². The quantitative estimate of drug-likeness (QED) is 0.0359. The second-order valence-electron chi connectivity index (χ2n) is 20.0. The van der Waals surface area contributed by atoms with Gasteiger partial charge in [-0.1, -0.05) is 217 Å². The highest BCUT2D eigenvalue weighted by molar-refractivity contribution is 5.69. The van der Waals surface area contributed by atoms with E-state index >= 15 is 0 Å². The number of aliphatic hydroxyl groups excluding tert-OH is 1. The Morgan fingerprint density at radius 1 is 0.394 bits per heavy atom. The number of carbonyl (C=O) groups is 1. The summed E-state index contributed by atoms with van der Waals surface area (Å²) in [6.07, 6.45) is 67.7. The Labute approximate surface area is 413 Å². The van der Waals surface area contributed by atoms with Crippen LogP contribution >= 0.6 is 0 Å². The van der Waals surface area contributed by atoms with Crippen LogP contribution in [0.1, 0.15) is 284 Å². The van der Waals surface area contributed by atoms with Gasteiger partial charge in [-0.15, -0.1) is 0 Å². The van der Waals surface area contributed by atoms with Crippen LogP contribution in [0, 0.1) is 0 Å². The molecule has 0 bridgehead atoms. The van der Waals surface area contributed by atoms with E-state index in [2.05, 4.69) is 60.1 Å². The Hall–Kier alpha value is -1.47. The maximum absolute atomic E-state index is 12.2. The van der Waals surface area contributed by atoms with Gasteiger partial charge < -0.3 is 25.4 Å². The zero-order valence-corrected chi connectivity index (χ0v) is 44.8. The SMILES string of the molecule is CCCCC/C=C\C/C=C\CCCCCCCCN(CCN)CCCCCCCCCCOC(=O)CCCCCCCCCN(CCO)CCCCCCCC/C=C\CCCCCCCC. The first kappa shape index (κ1) is 64.5. The summed E-state index contributed by atoms with van der Waals surface area (Å²) in [5.41, 5.74) is 5.94. The molecule has 0 aromatic carbocycles. The molecule has 0 aromatic rings. The largest absolute Gasteiger partial charge is 0.466 e. The maximum atomic E-state index is 12.2. The number of esters is 1. The van der Waals surface area contributed by atoms with Crippen molar-refractivity contribution in [2.24, 2.45) is 5.73 Å². The van der Waals surface area contributed by atoms with Crippen molar-refractivity contribution < 1.29 is 14.6 Å². The number of allylic oxidation sites excluding steroid dienone is 6. The topological polar surface area (TPSA) is 79.0 Å². The van der Waals surface area contributed by atoms with Gasteiger partial charge in [0, 0.05) is 26.1 Å². The summed E-state index contributed by atoms with van der Waals surface area (Å²) < 4.78 is 5.53. The van der Waals surface area contributed by atoms with Gasteiger partial charge in [0.1, 0.15) is 0 Å². The first-order chi connectivity index (χ1) is 32.7. The van der Waals surface area contributed by atoms with Crippen LogP contribution in [0.15, 0.2) is 36.5 Å². The molecule has 0 unspecified atom stereocenters. The lowest BCUT2D eigenvalue weighted by atomic mass is 10.1. The molecule has 6 nitrogen and oxygen atoms in total. The van der Waals surface area contributed by atoms with Gasteiger partial charge in [0.25, 0.3) is 0 Å². The third kappa shape index (κ3) is 53.5. The van der Waals surface area contributed by atoms with Crippen LogP contribution in [-0.2, 0) is 9.53 Å². The van der Waals surface area contributed by atoms with Crippen LogP contribution < -0.4 is 5.73 Å². The van der Waals surface area contributed by atoms with Crippen LogP contribution in [0.4, 0.5) is 0 Å². The number of aliphatic hydroxyl groups is 1. The average molecular weight is 929 g/mol. The fraction of sp³-hybridized carbons (Fsp3) is 0.883. The van der Waals surface area contributed by atoms with E-state index in [0.717, 1.165) is 58.4 Å². The average Bonchev–Trinajstić information content (AvgIpc) is 3.32. The molecule has 0 spiro atoms. The Balaban J connectivity index is 3.55. The molecule has 390 valence electrons. The van der Waals surface area contributed by atoms with Crippen LogP contribution in [0.2, 0.25) is 0 Å². The van der Waals surface area contributed by atoms with E-state index in [4.69, 9.17) is 10.5 Å². The lowest BCUT2D eigenvalue weighted by Gasteiger charge is -2.21. The van der Waals surface area contributed by atoms with Crippen LogP contribution in [0.3, 0.4) is 0 Å². The molecule has 0 aliphatic carbocycles. The van der Waals surface area contributed by atoms with Crippen molar-refractivity contribution in [3.8, 4) is 0 Å². The summed E-state index contributed by atoms with van der Waals surface area (Å²) >= 11 is 0. The maximum Gasteiger partial charge on any atom is 0.305 e. The normalized spacial score (nSPS) is 12.2.